The second-order valence-electron chi connectivity index (χ2n) is 4.91. The van der Waals surface area contributed by atoms with Gasteiger partial charge in [-0.3, -0.25) is 9.59 Å². The van der Waals surface area contributed by atoms with Crippen LogP contribution in [0.1, 0.15) is 5.56 Å². The third-order valence-corrected chi connectivity index (χ3v) is 4.85. The summed E-state index contributed by atoms with van der Waals surface area (Å²) in [5.41, 5.74) is 1.17. The Morgan fingerprint density at radius 3 is 2.58 bits per heavy atom. The molecule has 0 atom stereocenters. The van der Waals surface area contributed by atoms with E-state index in [4.69, 9.17) is 4.74 Å². The first-order valence-electron chi connectivity index (χ1n) is 6.91. The van der Waals surface area contributed by atoms with E-state index in [9.17, 15) is 14.7 Å². The zero-order chi connectivity index (χ0) is 17.3. The van der Waals surface area contributed by atoms with Crippen molar-refractivity contribution in [2.75, 3.05) is 12.0 Å². The van der Waals surface area contributed by atoms with Crippen molar-refractivity contribution in [3.05, 3.63) is 57.4 Å². The lowest BCUT2D eigenvalue weighted by Gasteiger charge is -2.11. The smallest absolute Gasteiger partial charge is 0.298 e. The van der Waals surface area contributed by atoms with E-state index in [0.717, 1.165) is 16.7 Å². The number of benzene rings is 2. The molecule has 0 aliphatic carbocycles. The van der Waals surface area contributed by atoms with Crippen LogP contribution in [0.4, 0.5) is 10.5 Å². The van der Waals surface area contributed by atoms with Crippen LogP contribution in [0.2, 0.25) is 0 Å². The molecule has 2 amide bonds. The number of amides is 2. The molecule has 0 radical (unpaired) electrons. The van der Waals surface area contributed by atoms with Crippen molar-refractivity contribution in [1.82, 2.24) is 0 Å². The number of hydrogen-bond donors (Lipinski definition) is 1. The molecule has 1 aliphatic rings. The van der Waals surface area contributed by atoms with Crippen molar-refractivity contribution in [1.29, 1.82) is 0 Å². The van der Waals surface area contributed by atoms with Gasteiger partial charge in [-0.15, -0.1) is 0 Å². The molecular weight excluding hydrogens is 394 g/mol. The van der Waals surface area contributed by atoms with Crippen LogP contribution in [0.15, 0.2) is 51.8 Å². The Kier molecular flexibility index (Phi) is 4.64. The molecule has 2 aromatic rings. The zero-order valence-electron chi connectivity index (χ0n) is 12.5. The van der Waals surface area contributed by atoms with Crippen molar-refractivity contribution >= 4 is 50.6 Å². The number of nitrogens with zero attached hydrogens (tertiary/aromatic N) is 1. The number of carbonyl (C=O) groups excluding carboxylic acids is 2. The monoisotopic (exact) mass is 405 g/mol. The van der Waals surface area contributed by atoms with Gasteiger partial charge in [-0.05, 0) is 63.6 Å². The molecule has 1 N–H and O–H groups in total. The molecule has 1 heterocycles. The fraction of sp³-hybridized carbons (Fsp3) is 0.0588. The van der Waals surface area contributed by atoms with Gasteiger partial charge >= 0.3 is 0 Å². The van der Waals surface area contributed by atoms with Crippen LogP contribution in [0.5, 0.6) is 11.5 Å². The number of hydrogen-bond acceptors (Lipinski definition) is 5. The molecule has 1 aliphatic heterocycles. The predicted molar refractivity (Wildman–Crippen MR) is 97.3 cm³/mol. The van der Waals surface area contributed by atoms with Gasteiger partial charge in [-0.1, -0.05) is 18.2 Å². The number of imide groups is 1. The van der Waals surface area contributed by atoms with E-state index in [-0.39, 0.29) is 22.6 Å². The Hall–Kier alpha value is -2.25. The second-order valence-corrected chi connectivity index (χ2v) is 6.75. The summed E-state index contributed by atoms with van der Waals surface area (Å²) in [6.07, 6.45) is 1.60. The van der Waals surface area contributed by atoms with E-state index in [1.807, 2.05) is 6.07 Å². The predicted octanol–water partition coefficient (Wildman–Crippen LogP) is 4.40. The first-order chi connectivity index (χ1) is 11.5. The van der Waals surface area contributed by atoms with Gasteiger partial charge in [0.25, 0.3) is 11.1 Å². The van der Waals surface area contributed by atoms with Gasteiger partial charge < -0.3 is 9.84 Å². The maximum absolute atomic E-state index is 12.6. The molecular formula is C17H12BrNO4S. The summed E-state index contributed by atoms with van der Waals surface area (Å²) in [5.74, 6) is -0.121. The number of para-hydroxylation sites is 1. The van der Waals surface area contributed by atoms with Crippen LogP contribution in [0.3, 0.4) is 0 Å². The lowest BCUT2D eigenvalue weighted by atomic mass is 10.2. The number of halogens is 1. The molecule has 24 heavy (non-hydrogen) atoms. The lowest BCUT2D eigenvalue weighted by molar-refractivity contribution is -0.113. The van der Waals surface area contributed by atoms with E-state index in [1.54, 1.807) is 42.5 Å². The van der Waals surface area contributed by atoms with E-state index in [2.05, 4.69) is 15.9 Å². The van der Waals surface area contributed by atoms with Crippen LogP contribution >= 0.6 is 27.7 Å². The molecule has 3 rings (SSSR count). The Morgan fingerprint density at radius 1 is 1.21 bits per heavy atom. The number of phenolic OH excluding ortho intramolecular Hbond substituents is 1. The average Bonchev–Trinajstić information content (AvgIpc) is 2.85. The van der Waals surface area contributed by atoms with Crippen molar-refractivity contribution in [3.8, 4) is 11.5 Å². The summed E-state index contributed by atoms with van der Waals surface area (Å²) in [6.45, 7) is 0. The summed E-state index contributed by atoms with van der Waals surface area (Å²) in [7, 11) is 1.44. The molecule has 0 bridgehead atoms. The van der Waals surface area contributed by atoms with Gasteiger partial charge in [0, 0.05) is 0 Å². The van der Waals surface area contributed by atoms with Crippen molar-refractivity contribution < 1.29 is 19.4 Å². The summed E-state index contributed by atoms with van der Waals surface area (Å²) in [6, 6.07) is 12.0. The number of thioether (sulfide) groups is 1. The first-order valence-corrected chi connectivity index (χ1v) is 8.51. The number of carbonyl (C=O) groups is 2. The maximum Gasteiger partial charge on any atom is 0.298 e. The summed E-state index contributed by atoms with van der Waals surface area (Å²) in [4.78, 5) is 26.2. The maximum atomic E-state index is 12.6. The molecule has 0 saturated carbocycles. The lowest BCUT2D eigenvalue weighted by Crippen LogP contribution is -2.27. The molecule has 7 heteroatoms. The minimum absolute atomic E-state index is 0.0213. The third-order valence-electron chi connectivity index (χ3n) is 3.38. The number of anilines is 1. The highest BCUT2D eigenvalue weighted by atomic mass is 79.9. The number of phenols is 1. The Balaban J connectivity index is 1.97. The van der Waals surface area contributed by atoms with Crippen molar-refractivity contribution in [2.24, 2.45) is 0 Å². The third kappa shape index (κ3) is 3.05. The van der Waals surface area contributed by atoms with E-state index < -0.39 is 0 Å². The zero-order valence-corrected chi connectivity index (χ0v) is 14.9. The Labute approximate surface area is 151 Å². The van der Waals surface area contributed by atoms with E-state index in [1.165, 1.54) is 7.11 Å². The van der Waals surface area contributed by atoms with Gasteiger partial charge in [0.15, 0.2) is 11.5 Å². The van der Waals surface area contributed by atoms with Gasteiger partial charge in [-0.2, -0.15) is 0 Å². The highest BCUT2D eigenvalue weighted by Gasteiger charge is 2.36. The highest BCUT2D eigenvalue weighted by Crippen LogP contribution is 2.39. The van der Waals surface area contributed by atoms with E-state index >= 15 is 0 Å². The van der Waals surface area contributed by atoms with Crippen LogP contribution < -0.4 is 9.64 Å². The summed E-state index contributed by atoms with van der Waals surface area (Å²) < 4.78 is 5.53. The molecule has 1 fully saturated rings. The van der Waals surface area contributed by atoms with Crippen LogP contribution in [-0.2, 0) is 4.79 Å². The topological polar surface area (TPSA) is 66.8 Å². The molecule has 5 nitrogen and oxygen atoms in total. The van der Waals surface area contributed by atoms with Gasteiger partial charge in [-0.25, -0.2) is 4.90 Å². The van der Waals surface area contributed by atoms with Crippen molar-refractivity contribution in [2.45, 2.75) is 0 Å². The van der Waals surface area contributed by atoms with E-state index in [0.29, 0.717) is 20.6 Å². The van der Waals surface area contributed by atoms with Crippen LogP contribution in [0, 0.1) is 0 Å². The minimum Gasteiger partial charge on any atom is -0.503 e. The fourth-order valence-electron chi connectivity index (χ4n) is 2.25. The minimum atomic E-state index is -0.376. The molecule has 2 aromatic carbocycles. The fourth-order valence-corrected chi connectivity index (χ4v) is 3.55. The molecule has 0 spiro atoms. The van der Waals surface area contributed by atoms with Gasteiger partial charge in [0.05, 0.1) is 22.2 Å². The van der Waals surface area contributed by atoms with Crippen LogP contribution in [0.25, 0.3) is 6.08 Å². The first kappa shape index (κ1) is 16.6. The summed E-state index contributed by atoms with van der Waals surface area (Å²) in [5, 5.41) is 9.50. The molecule has 0 aromatic heterocycles. The number of aromatic hydroxyl groups is 1. The second kappa shape index (κ2) is 6.70. The SMILES string of the molecule is COc1cc(/C=C2\SC(=O)N(c3ccccc3)C2=O)cc(Br)c1O. The number of ether oxygens (including phenoxy) is 1. The molecule has 0 unspecified atom stereocenters. The number of methoxy groups -OCH3 is 1. The molecule has 1 saturated heterocycles. The highest BCUT2D eigenvalue weighted by molar-refractivity contribution is 9.10. The number of rotatable bonds is 3. The normalized spacial score (nSPS) is 16.1. The average molecular weight is 406 g/mol. The van der Waals surface area contributed by atoms with Crippen molar-refractivity contribution in [3.63, 3.8) is 0 Å². The Bertz CT molecular complexity index is 851. The quantitative estimate of drug-likeness (QED) is 0.766. The standard InChI is InChI=1S/C17H12BrNO4S/c1-23-13-8-10(7-12(18)15(13)20)9-14-16(21)19(17(22)24-14)11-5-3-2-4-6-11/h2-9,20H,1H3/b14-9-. The summed E-state index contributed by atoms with van der Waals surface area (Å²) >= 11 is 4.11. The van der Waals surface area contributed by atoms with Gasteiger partial charge in [0.2, 0.25) is 0 Å². The largest absolute Gasteiger partial charge is 0.503 e. The molecule has 122 valence electrons. The van der Waals surface area contributed by atoms with Crippen LogP contribution in [-0.4, -0.2) is 23.4 Å². The Morgan fingerprint density at radius 2 is 1.92 bits per heavy atom. The van der Waals surface area contributed by atoms with Gasteiger partial charge in [0.1, 0.15) is 0 Å².